The highest BCUT2D eigenvalue weighted by molar-refractivity contribution is 7.15. The van der Waals surface area contributed by atoms with Gasteiger partial charge in [0, 0.05) is 16.8 Å². The number of aromatic nitrogens is 1. The maximum absolute atomic E-state index is 12.7. The second-order valence-electron chi connectivity index (χ2n) is 6.42. The second-order valence-corrected chi connectivity index (χ2v) is 7.71. The number of hydrogen-bond donors (Lipinski definition) is 1. The standard InChI is InChI=1S/C20H22N2OS/c1-13(2)10-11-21-20(23)16-12-18(19-9-8-14(3)24-19)22-17-7-5-4-6-15(16)17/h4-9,12-13H,10-11H2,1-3H3,(H,21,23). The summed E-state index contributed by atoms with van der Waals surface area (Å²) in [5, 5.41) is 3.94. The molecule has 0 aliphatic heterocycles. The third kappa shape index (κ3) is 3.65. The van der Waals surface area contributed by atoms with E-state index in [2.05, 4.69) is 38.2 Å². The van der Waals surface area contributed by atoms with Crippen molar-refractivity contribution in [3.63, 3.8) is 0 Å². The van der Waals surface area contributed by atoms with E-state index in [4.69, 9.17) is 4.98 Å². The van der Waals surface area contributed by atoms with Gasteiger partial charge in [0.1, 0.15) is 0 Å². The molecule has 0 aliphatic rings. The predicted molar refractivity (Wildman–Crippen MR) is 102 cm³/mol. The summed E-state index contributed by atoms with van der Waals surface area (Å²) in [7, 11) is 0. The lowest BCUT2D eigenvalue weighted by Crippen LogP contribution is -2.25. The van der Waals surface area contributed by atoms with Gasteiger partial charge in [-0.2, -0.15) is 0 Å². The number of rotatable bonds is 5. The molecule has 0 unspecified atom stereocenters. The van der Waals surface area contributed by atoms with E-state index in [0.717, 1.165) is 27.9 Å². The topological polar surface area (TPSA) is 42.0 Å². The molecule has 3 aromatic rings. The number of para-hydroxylation sites is 1. The first-order valence-corrected chi connectivity index (χ1v) is 9.11. The van der Waals surface area contributed by atoms with Gasteiger partial charge in [-0.25, -0.2) is 4.98 Å². The zero-order chi connectivity index (χ0) is 17.1. The molecule has 1 N–H and O–H groups in total. The number of thiophene rings is 1. The van der Waals surface area contributed by atoms with Crippen LogP contribution >= 0.6 is 11.3 Å². The molecule has 1 aromatic carbocycles. The third-order valence-electron chi connectivity index (χ3n) is 3.96. The number of nitrogens with zero attached hydrogens (tertiary/aromatic N) is 1. The van der Waals surface area contributed by atoms with E-state index in [1.807, 2.05) is 30.3 Å². The smallest absolute Gasteiger partial charge is 0.252 e. The number of hydrogen-bond acceptors (Lipinski definition) is 3. The Bertz CT molecular complexity index is 867. The molecule has 0 bridgehead atoms. The maximum Gasteiger partial charge on any atom is 0.252 e. The monoisotopic (exact) mass is 338 g/mol. The molecule has 24 heavy (non-hydrogen) atoms. The molecule has 1 amide bonds. The van der Waals surface area contributed by atoms with Crippen LogP contribution in [0.2, 0.25) is 0 Å². The lowest BCUT2D eigenvalue weighted by atomic mass is 10.1. The summed E-state index contributed by atoms with van der Waals surface area (Å²) in [6.45, 7) is 7.09. The Hall–Kier alpha value is -2.20. The minimum absolute atomic E-state index is 0.0243. The van der Waals surface area contributed by atoms with Crippen LogP contribution in [0, 0.1) is 12.8 Å². The first kappa shape index (κ1) is 16.7. The Morgan fingerprint density at radius 3 is 2.71 bits per heavy atom. The normalized spacial score (nSPS) is 11.2. The molecule has 3 nitrogen and oxygen atoms in total. The van der Waals surface area contributed by atoms with Crippen molar-refractivity contribution in [2.75, 3.05) is 6.54 Å². The van der Waals surface area contributed by atoms with Gasteiger partial charge < -0.3 is 5.32 Å². The number of carbonyl (C=O) groups excluding carboxylic acids is 1. The predicted octanol–water partition coefficient (Wildman–Crippen LogP) is 5.05. The molecule has 0 fully saturated rings. The average Bonchev–Trinajstić information content (AvgIpc) is 3.00. The number of amides is 1. The molecule has 2 aromatic heterocycles. The van der Waals surface area contributed by atoms with Crippen LogP contribution in [0.4, 0.5) is 0 Å². The highest BCUT2D eigenvalue weighted by Crippen LogP contribution is 2.29. The zero-order valence-electron chi connectivity index (χ0n) is 14.3. The van der Waals surface area contributed by atoms with Crippen LogP contribution in [-0.4, -0.2) is 17.4 Å². The molecule has 124 valence electrons. The van der Waals surface area contributed by atoms with Crippen LogP contribution in [0.3, 0.4) is 0 Å². The number of benzene rings is 1. The van der Waals surface area contributed by atoms with Crippen molar-refractivity contribution >= 4 is 28.1 Å². The van der Waals surface area contributed by atoms with Gasteiger partial charge in [-0.3, -0.25) is 4.79 Å². The van der Waals surface area contributed by atoms with Gasteiger partial charge in [0.05, 0.1) is 21.7 Å². The van der Waals surface area contributed by atoms with Crippen LogP contribution in [0.15, 0.2) is 42.5 Å². The fourth-order valence-electron chi connectivity index (χ4n) is 2.63. The van der Waals surface area contributed by atoms with Crippen molar-refractivity contribution < 1.29 is 4.79 Å². The largest absolute Gasteiger partial charge is 0.352 e. The first-order chi connectivity index (χ1) is 11.5. The van der Waals surface area contributed by atoms with Gasteiger partial charge in [0.25, 0.3) is 5.91 Å². The quantitative estimate of drug-likeness (QED) is 0.707. The van der Waals surface area contributed by atoms with Crippen LogP contribution in [-0.2, 0) is 0 Å². The van der Waals surface area contributed by atoms with E-state index in [9.17, 15) is 4.79 Å². The fourth-order valence-corrected chi connectivity index (χ4v) is 3.46. The van der Waals surface area contributed by atoms with Gasteiger partial charge in [-0.1, -0.05) is 32.0 Å². The molecule has 2 heterocycles. The number of pyridine rings is 1. The van der Waals surface area contributed by atoms with Gasteiger partial charge in [0.2, 0.25) is 0 Å². The van der Waals surface area contributed by atoms with E-state index in [1.54, 1.807) is 11.3 Å². The first-order valence-electron chi connectivity index (χ1n) is 8.29. The average molecular weight is 338 g/mol. The minimum Gasteiger partial charge on any atom is -0.352 e. The van der Waals surface area contributed by atoms with Gasteiger partial charge in [-0.05, 0) is 43.5 Å². The highest BCUT2D eigenvalue weighted by Gasteiger charge is 2.14. The Balaban J connectivity index is 2.00. The van der Waals surface area contributed by atoms with Crippen LogP contribution in [0.1, 0.15) is 35.5 Å². The van der Waals surface area contributed by atoms with Crippen molar-refractivity contribution in [3.05, 3.63) is 52.9 Å². The lowest BCUT2D eigenvalue weighted by molar-refractivity contribution is 0.0953. The Labute approximate surface area is 146 Å². The Kier molecular flexibility index (Phi) is 4.95. The van der Waals surface area contributed by atoms with Crippen molar-refractivity contribution in [2.24, 2.45) is 5.92 Å². The molecule has 4 heteroatoms. The summed E-state index contributed by atoms with van der Waals surface area (Å²) in [5.41, 5.74) is 2.42. The molecule has 0 aliphatic carbocycles. The molecule has 0 atom stereocenters. The van der Waals surface area contributed by atoms with Crippen LogP contribution in [0.5, 0.6) is 0 Å². The maximum atomic E-state index is 12.7. The Morgan fingerprint density at radius 2 is 2.00 bits per heavy atom. The molecule has 0 spiro atoms. The third-order valence-corrected chi connectivity index (χ3v) is 4.98. The summed E-state index contributed by atoms with van der Waals surface area (Å²) in [5.74, 6) is 0.549. The second kappa shape index (κ2) is 7.14. The molecule has 0 saturated carbocycles. The number of fused-ring (bicyclic) bond motifs is 1. The van der Waals surface area contributed by atoms with Crippen molar-refractivity contribution in [1.29, 1.82) is 0 Å². The zero-order valence-corrected chi connectivity index (χ0v) is 15.1. The number of nitrogens with one attached hydrogen (secondary N) is 1. The fraction of sp³-hybridized carbons (Fsp3) is 0.300. The minimum atomic E-state index is -0.0243. The highest BCUT2D eigenvalue weighted by atomic mass is 32.1. The van der Waals surface area contributed by atoms with Gasteiger partial charge in [-0.15, -0.1) is 11.3 Å². The molecule has 0 radical (unpaired) electrons. The van der Waals surface area contributed by atoms with Crippen molar-refractivity contribution in [3.8, 4) is 10.6 Å². The summed E-state index contributed by atoms with van der Waals surface area (Å²) in [6.07, 6.45) is 0.978. The molecule has 0 saturated heterocycles. The van der Waals surface area contributed by atoms with E-state index >= 15 is 0 Å². The molecule has 3 rings (SSSR count). The lowest BCUT2D eigenvalue weighted by Gasteiger charge is -2.11. The van der Waals surface area contributed by atoms with Crippen molar-refractivity contribution in [2.45, 2.75) is 27.2 Å². The van der Waals surface area contributed by atoms with Gasteiger partial charge in [0.15, 0.2) is 0 Å². The van der Waals surface area contributed by atoms with Gasteiger partial charge >= 0.3 is 0 Å². The Morgan fingerprint density at radius 1 is 1.21 bits per heavy atom. The number of carbonyl (C=O) groups is 1. The summed E-state index contributed by atoms with van der Waals surface area (Å²) >= 11 is 1.70. The van der Waals surface area contributed by atoms with E-state index < -0.39 is 0 Å². The summed E-state index contributed by atoms with van der Waals surface area (Å²) < 4.78 is 0. The van der Waals surface area contributed by atoms with Crippen LogP contribution < -0.4 is 5.32 Å². The van der Waals surface area contributed by atoms with E-state index in [1.165, 1.54) is 4.88 Å². The molecular formula is C20H22N2OS. The number of aryl methyl sites for hydroxylation is 1. The summed E-state index contributed by atoms with van der Waals surface area (Å²) in [4.78, 5) is 19.8. The van der Waals surface area contributed by atoms with Crippen molar-refractivity contribution in [1.82, 2.24) is 10.3 Å². The summed E-state index contributed by atoms with van der Waals surface area (Å²) in [6, 6.07) is 13.9. The molecular weight excluding hydrogens is 316 g/mol. The van der Waals surface area contributed by atoms with E-state index in [0.29, 0.717) is 18.0 Å². The van der Waals surface area contributed by atoms with E-state index in [-0.39, 0.29) is 5.91 Å². The SMILES string of the molecule is Cc1ccc(-c2cc(C(=O)NCCC(C)C)c3ccccc3n2)s1. The van der Waals surface area contributed by atoms with Crippen LogP contribution in [0.25, 0.3) is 21.5 Å².